The van der Waals surface area contributed by atoms with E-state index in [-0.39, 0.29) is 17.9 Å². The van der Waals surface area contributed by atoms with Gasteiger partial charge in [-0.3, -0.25) is 14.3 Å². The molecule has 0 saturated carbocycles. The Balaban J connectivity index is 1.75. The number of piperidine rings is 1. The molecule has 1 aliphatic heterocycles. The molecule has 0 spiro atoms. The van der Waals surface area contributed by atoms with Gasteiger partial charge in [-0.25, -0.2) is 0 Å². The molecule has 7 nitrogen and oxygen atoms in total. The summed E-state index contributed by atoms with van der Waals surface area (Å²) in [6, 6.07) is 6.83. The second-order valence-corrected chi connectivity index (χ2v) is 6.44. The number of aromatic nitrogens is 2. The maximum absolute atomic E-state index is 12.5. The highest BCUT2D eigenvalue weighted by Gasteiger charge is 2.18. The molecule has 0 aliphatic carbocycles. The van der Waals surface area contributed by atoms with Gasteiger partial charge in [-0.05, 0) is 43.7 Å². The molecular weight excluding hydrogens is 342 g/mol. The Bertz CT molecular complexity index is 783. The van der Waals surface area contributed by atoms with E-state index in [9.17, 15) is 9.59 Å². The average Bonchev–Trinajstić information content (AvgIpc) is 3.08. The average molecular weight is 362 g/mol. The van der Waals surface area contributed by atoms with E-state index in [0.29, 0.717) is 22.1 Å². The second kappa shape index (κ2) is 7.67. The minimum atomic E-state index is -0.351. The predicted molar refractivity (Wildman–Crippen MR) is 97.1 cm³/mol. The number of amides is 2. The number of nitrogens with one attached hydrogen (secondary N) is 3. The van der Waals surface area contributed by atoms with Crippen molar-refractivity contribution in [2.45, 2.75) is 25.8 Å². The van der Waals surface area contributed by atoms with Crippen LogP contribution in [0.3, 0.4) is 0 Å². The molecule has 25 heavy (non-hydrogen) atoms. The van der Waals surface area contributed by atoms with Gasteiger partial charge in [0.1, 0.15) is 0 Å². The van der Waals surface area contributed by atoms with Crippen molar-refractivity contribution in [1.29, 1.82) is 0 Å². The van der Waals surface area contributed by atoms with E-state index in [1.165, 1.54) is 6.92 Å². The Morgan fingerprint density at radius 3 is 2.84 bits per heavy atom. The standard InChI is InChI=1S/C17H20ClN5O2/c1-11(24)20-14-5-4-12(18)9-16(14)21-17(25)15-6-8-23(22-15)13-3-2-7-19-10-13/h4-6,8-9,13,19H,2-3,7,10H2,1H3,(H,20,24)(H,21,25). The Morgan fingerprint density at radius 2 is 2.12 bits per heavy atom. The highest BCUT2D eigenvalue weighted by Crippen LogP contribution is 2.26. The summed E-state index contributed by atoms with van der Waals surface area (Å²) in [5.41, 5.74) is 1.24. The van der Waals surface area contributed by atoms with Crippen molar-refractivity contribution in [2.75, 3.05) is 23.7 Å². The predicted octanol–water partition coefficient (Wildman–Crippen LogP) is 2.67. The Labute approximate surface area is 150 Å². The van der Waals surface area contributed by atoms with Crippen molar-refractivity contribution in [1.82, 2.24) is 15.1 Å². The van der Waals surface area contributed by atoms with Crippen LogP contribution in [-0.4, -0.2) is 34.7 Å². The summed E-state index contributed by atoms with van der Waals surface area (Å²) in [5, 5.41) is 13.6. The highest BCUT2D eigenvalue weighted by molar-refractivity contribution is 6.31. The molecule has 3 rings (SSSR count). The SMILES string of the molecule is CC(=O)Nc1ccc(Cl)cc1NC(=O)c1ccn(C2CCCNC2)n1. The summed E-state index contributed by atoms with van der Waals surface area (Å²) in [7, 11) is 0. The van der Waals surface area contributed by atoms with Crippen LogP contribution in [0.5, 0.6) is 0 Å². The molecule has 2 amide bonds. The number of hydrogen-bond donors (Lipinski definition) is 3. The molecule has 8 heteroatoms. The van der Waals surface area contributed by atoms with Crippen molar-refractivity contribution in [3.05, 3.63) is 41.2 Å². The zero-order valence-electron chi connectivity index (χ0n) is 13.9. The summed E-state index contributed by atoms with van der Waals surface area (Å²) >= 11 is 6.00. The van der Waals surface area contributed by atoms with Gasteiger partial charge in [0.2, 0.25) is 5.91 Å². The Hall–Kier alpha value is -2.38. The number of carbonyl (C=O) groups excluding carboxylic acids is 2. The van der Waals surface area contributed by atoms with Gasteiger partial charge in [-0.15, -0.1) is 0 Å². The minimum absolute atomic E-state index is 0.230. The van der Waals surface area contributed by atoms with Crippen LogP contribution in [-0.2, 0) is 4.79 Å². The lowest BCUT2D eigenvalue weighted by Gasteiger charge is -2.22. The van der Waals surface area contributed by atoms with Crippen molar-refractivity contribution in [2.24, 2.45) is 0 Å². The third-order valence-electron chi connectivity index (χ3n) is 4.03. The van der Waals surface area contributed by atoms with E-state index >= 15 is 0 Å². The van der Waals surface area contributed by atoms with Gasteiger partial charge in [0.05, 0.1) is 17.4 Å². The highest BCUT2D eigenvalue weighted by atomic mass is 35.5. The van der Waals surface area contributed by atoms with Crippen LogP contribution in [0.25, 0.3) is 0 Å². The largest absolute Gasteiger partial charge is 0.325 e. The number of anilines is 2. The maximum Gasteiger partial charge on any atom is 0.276 e. The number of benzene rings is 1. The van der Waals surface area contributed by atoms with Gasteiger partial charge >= 0.3 is 0 Å². The first kappa shape index (κ1) is 17.4. The molecule has 132 valence electrons. The fraction of sp³-hybridized carbons (Fsp3) is 0.353. The summed E-state index contributed by atoms with van der Waals surface area (Å²) < 4.78 is 1.83. The fourth-order valence-corrected chi connectivity index (χ4v) is 3.00. The molecule has 1 atom stereocenters. The molecule has 1 aromatic heterocycles. The number of nitrogens with zero attached hydrogens (tertiary/aromatic N) is 2. The zero-order valence-corrected chi connectivity index (χ0v) is 14.6. The maximum atomic E-state index is 12.5. The van der Waals surface area contributed by atoms with Crippen LogP contribution >= 0.6 is 11.6 Å². The number of rotatable bonds is 4. The van der Waals surface area contributed by atoms with Crippen LogP contribution in [0, 0.1) is 0 Å². The molecule has 1 fully saturated rings. The van der Waals surface area contributed by atoms with E-state index in [1.807, 2.05) is 10.9 Å². The molecule has 0 radical (unpaired) electrons. The van der Waals surface area contributed by atoms with E-state index in [0.717, 1.165) is 25.9 Å². The zero-order chi connectivity index (χ0) is 17.8. The summed E-state index contributed by atoms with van der Waals surface area (Å²) in [4.78, 5) is 23.8. The minimum Gasteiger partial charge on any atom is -0.325 e. The van der Waals surface area contributed by atoms with Gasteiger partial charge in [0.25, 0.3) is 5.91 Å². The van der Waals surface area contributed by atoms with Crippen LogP contribution in [0.15, 0.2) is 30.5 Å². The Morgan fingerprint density at radius 1 is 1.28 bits per heavy atom. The van der Waals surface area contributed by atoms with E-state index in [2.05, 4.69) is 21.0 Å². The van der Waals surface area contributed by atoms with Crippen molar-refractivity contribution in [3.8, 4) is 0 Å². The number of hydrogen-bond acceptors (Lipinski definition) is 4. The summed E-state index contributed by atoms with van der Waals surface area (Å²) in [6.07, 6.45) is 3.95. The molecule has 0 bridgehead atoms. The van der Waals surface area contributed by atoms with Crippen LogP contribution in [0.2, 0.25) is 5.02 Å². The lowest BCUT2D eigenvalue weighted by atomic mass is 10.1. The first-order valence-electron chi connectivity index (χ1n) is 8.17. The van der Waals surface area contributed by atoms with Gasteiger partial charge in [-0.1, -0.05) is 11.6 Å². The summed E-state index contributed by atoms with van der Waals surface area (Å²) in [6.45, 7) is 3.27. The smallest absolute Gasteiger partial charge is 0.276 e. The molecule has 1 unspecified atom stereocenters. The van der Waals surface area contributed by atoms with Gasteiger partial charge < -0.3 is 16.0 Å². The van der Waals surface area contributed by atoms with E-state index in [4.69, 9.17) is 11.6 Å². The quantitative estimate of drug-likeness (QED) is 0.781. The van der Waals surface area contributed by atoms with Gasteiger partial charge in [0.15, 0.2) is 5.69 Å². The molecule has 1 saturated heterocycles. The van der Waals surface area contributed by atoms with Crippen LogP contribution < -0.4 is 16.0 Å². The third kappa shape index (κ3) is 4.37. The van der Waals surface area contributed by atoms with Crippen LogP contribution in [0.4, 0.5) is 11.4 Å². The number of halogens is 1. The third-order valence-corrected chi connectivity index (χ3v) is 4.26. The molecular formula is C17H20ClN5O2. The number of carbonyl (C=O) groups is 2. The first-order valence-corrected chi connectivity index (χ1v) is 8.55. The van der Waals surface area contributed by atoms with Crippen LogP contribution in [0.1, 0.15) is 36.3 Å². The molecule has 1 aliphatic rings. The lowest BCUT2D eigenvalue weighted by Crippen LogP contribution is -2.32. The molecule has 2 aromatic rings. The fourth-order valence-electron chi connectivity index (χ4n) is 2.83. The monoisotopic (exact) mass is 361 g/mol. The second-order valence-electron chi connectivity index (χ2n) is 6.01. The molecule has 2 heterocycles. The van der Waals surface area contributed by atoms with E-state index in [1.54, 1.807) is 24.3 Å². The lowest BCUT2D eigenvalue weighted by molar-refractivity contribution is -0.114. The van der Waals surface area contributed by atoms with Crippen molar-refractivity contribution < 1.29 is 9.59 Å². The van der Waals surface area contributed by atoms with Crippen molar-refractivity contribution in [3.63, 3.8) is 0 Å². The first-order chi connectivity index (χ1) is 12.0. The van der Waals surface area contributed by atoms with Gasteiger partial charge in [0, 0.05) is 24.7 Å². The Kier molecular flexibility index (Phi) is 5.35. The molecule has 1 aromatic carbocycles. The van der Waals surface area contributed by atoms with Crippen molar-refractivity contribution >= 4 is 34.8 Å². The summed E-state index contributed by atoms with van der Waals surface area (Å²) in [5.74, 6) is -0.580. The van der Waals surface area contributed by atoms with Gasteiger partial charge in [-0.2, -0.15) is 5.10 Å². The molecule has 3 N–H and O–H groups in total. The van der Waals surface area contributed by atoms with E-state index < -0.39 is 0 Å². The topological polar surface area (TPSA) is 88.0 Å². The normalized spacial score (nSPS) is 17.1.